The van der Waals surface area contributed by atoms with E-state index in [4.69, 9.17) is 11.6 Å². The van der Waals surface area contributed by atoms with Crippen molar-refractivity contribution in [3.05, 3.63) is 63.2 Å². The molecule has 3 aromatic rings. The van der Waals surface area contributed by atoms with Crippen LogP contribution in [0.25, 0.3) is 16.7 Å². The van der Waals surface area contributed by atoms with Crippen molar-refractivity contribution in [2.75, 3.05) is 19.0 Å². The maximum absolute atomic E-state index is 13.7. The van der Waals surface area contributed by atoms with Crippen molar-refractivity contribution in [3.8, 4) is 5.69 Å². The largest absolute Gasteiger partial charge is 0.363 e. The monoisotopic (exact) mass is 468 g/mol. The number of halogens is 2. The third kappa shape index (κ3) is 3.88. The van der Waals surface area contributed by atoms with Gasteiger partial charge in [0, 0.05) is 25.8 Å². The van der Waals surface area contributed by atoms with Gasteiger partial charge in [-0.2, -0.15) is 0 Å². The third-order valence-electron chi connectivity index (χ3n) is 7.18. The summed E-state index contributed by atoms with van der Waals surface area (Å²) in [5, 5.41) is 3.66. The second-order valence-electron chi connectivity index (χ2n) is 9.49. The number of nitrogens with one attached hydrogen (secondary N) is 1. The van der Waals surface area contributed by atoms with Gasteiger partial charge in [0.25, 0.3) is 5.91 Å². The van der Waals surface area contributed by atoms with Gasteiger partial charge in [0.2, 0.25) is 5.43 Å². The first kappa shape index (κ1) is 21.9. The Labute approximate surface area is 196 Å². The van der Waals surface area contributed by atoms with Crippen molar-refractivity contribution in [1.82, 2.24) is 14.9 Å². The number of hydrogen-bond acceptors (Lipinski definition) is 4. The van der Waals surface area contributed by atoms with Crippen LogP contribution in [-0.4, -0.2) is 35.1 Å². The third-order valence-corrected chi connectivity index (χ3v) is 7.48. The average molecular weight is 469 g/mol. The lowest BCUT2D eigenvalue weighted by Crippen LogP contribution is -2.54. The van der Waals surface area contributed by atoms with Gasteiger partial charge in [0.05, 0.1) is 16.1 Å². The number of rotatable bonds is 4. The molecule has 6 nitrogen and oxygen atoms in total. The Hall–Kier alpha value is -2.93. The maximum atomic E-state index is 13.7. The molecular formula is C25H26ClFN4O2. The summed E-state index contributed by atoms with van der Waals surface area (Å²) in [6, 6.07) is 7.43. The molecule has 2 heterocycles. The molecule has 2 aromatic heterocycles. The number of benzene rings is 1. The van der Waals surface area contributed by atoms with Crippen LogP contribution in [0.1, 0.15) is 48.9 Å². The molecule has 172 valence electrons. The molecule has 0 unspecified atom stereocenters. The Morgan fingerprint density at radius 2 is 1.88 bits per heavy atom. The Morgan fingerprint density at radius 1 is 1.18 bits per heavy atom. The fraction of sp³-hybridized carbons (Fsp3) is 0.400. The van der Waals surface area contributed by atoms with E-state index in [1.807, 2.05) is 19.0 Å². The highest BCUT2D eigenvalue weighted by Gasteiger charge is 2.41. The standard InChI is InChI=1S/C25H26ClFN4O2/c1-30(2)21-6-4-17-22(32)18(24(33)29-25-10-7-15(8-11-25)9-12-25)14-31(23(17)28-21)20-5-3-16(27)13-19(20)26/h3-6,13-15H,7-12H2,1-2H3,(H,29,33). The zero-order chi connectivity index (χ0) is 23.3. The van der Waals surface area contributed by atoms with Gasteiger partial charge in [-0.25, -0.2) is 9.37 Å². The first-order valence-corrected chi connectivity index (χ1v) is 11.7. The van der Waals surface area contributed by atoms with E-state index in [1.165, 1.54) is 24.4 Å². The molecule has 6 rings (SSSR count). The van der Waals surface area contributed by atoms with E-state index in [0.29, 0.717) is 22.5 Å². The van der Waals surface area contributed by atoms with Crippen LogP contribution >= 0.6 is 11.6 Å². The van der Waals surface area contributed by atoms with Crippen molar-refractivity contribution in [1.29, 1.82) is 0 Å². The van der Waals surface area contributed by atoms with Crippen LogP contribution in [0, 0.1) is 11.7 Å². The Morgan fingerprint density at radius 3 is 2.52 bits per heavy atom. The summed E-state index contributed by atoms with van der Waals surface area (Å²) in [7, 11) is 3.70. The molecule has 0 spiro atoms. The Kier molecular flexibility index (Phi) is 5.40. The first-order valence-electron chi connectivity index (χ1n) is 11.3. The van der Waals surface area contributed by atoms with Crippen molar-refractivity contribution >= 4 is 34.4 Å². The highest BCUT2D eigenvalue weighted by atomic mass is 35.5. The summed E-state index contributed by atoms with van der Waals surface area (Å²) in [5.74, 6) is 0.551. The number of anilines is 1. The molecule has 0 atom stereocenters. The van der Waals surface area contributed by atoms with Crippen molar-refractivity contribution in [2.24, 2.45) is 5.92 Å². The molecule has 33 heavy (non-hydrogen) atoms. The molecule has 2 bridgehead atoms. The van der Waals surface area contributed by atoms with Crippen molar-refractivity contribution < 1.29 is 9.18 Å². The summed E-state index contributed by atoms with van der Waals surface area (Å²) < 4.78 is 15.3. The summed E-state index contributed by atoms with van der Waals surface area (Å²) >= 11 is 6.37. The zero-order valence-corrected chi connectivity index (χ0v) is 19.5. The van der Waals surface area contributed by atoms with Crippen LogP contribution in [0.2, 0.25) is 5.02 Å². The van der Waals surface area contributed by atoms with Gasteiger partial charge in [-0.3, -0.25) is 14.2 Å². The predicted octanol–water partition coefficient (Wildman–Crippen LogP) is 4.70. The van der Waals surface area contributed by atoms with Crippen LogP contribution in [0.4, 0.5) is 10.2 Å². The number of hydrogen-bond donors (Lipinski definition) is 1. The molecular weight excluding hydrogens is 443 g/mol. The van der Waals surface area contributed by atoms with Crippen LogP contribution in [-0.2, 0) is 0 Å². The van der Waals surface area contributed by atoms with Crippen molar-refractivity contribution in [3.63, 3.8) is 0 Å². The fourth-order valence-corrected chi connectivity index (χ4v) is 5.47. The molecule has 8 heteroatoms. The van der Waals surface area contributed by atoms with Gasteiger partial charge in [0.15, 0.2) is 5.65 Å². The molecule has 3 saturated carbocycles. The number of fused-ring (bicyclic) bond motifs is 4. The molecule has 1 N–H and O–H groups in total. The highest BCUT2D eigenvalue weighted by molar-refractivity contribution is 6.32. The average Bonchev–Trinajstić information content (AvgIpc) is 2.80. The van der Waals surface area contributed by atoms with Crippen LogP contribution in [0.5, 0.6) is 0 Å². The van der Waals surface area contributed by atoms with E-state index < -0.39 is 5.82 Å². The van der Waals surface area contributed by atoms with Gasteiger partial charge < -0.3 is 10.2 Å². The number of amides is 1. The van der Waals surface area contributed by atoms with E-state index in [9.17, 15) is 14.0 Å². The van der Waals surface area contributed by atoms with Gasteiger partial charge in [-0.15, -0.1) is 0 Å². The van der Waals surface area contributed by atoms with Crippen molar-refractivity contribution in [2.45, 2.75) is 44.1 Å². The van der Waals surface area contributed by atoms with E-state index >= 15 is 0 Å². The number of carbonyl (C=O) groups excluding carboxylic acids is 1. The topological polar surface area (TPSA) is 67.2 Å². The van der Waals surface area contributed by atoms with Crippen LogP contribution in [0.3, 0.4) is 0 Å². The molecule has 3 aliphatic carbocycles. The molecule has 1 aromatic carbocycles. The Bertz CT molecular complexity index is 1300. The zero-order valence-electron chi connectivity index (χ0n) is 18.7. The summed E-state index contributed by atoms with van der Waals surface area (Å²) in [6.45, 7) is 0. The summed E-state index contributed by atoms with van der Waals surface area (Å²) in [4.78, 5) is 33.3. The molecule has 3 aliphatic rings. The predicted molar refractivity (Wildman–Crippen MR) is 128 cm³/mol. The fourth-order valence-electron chi connectivity index (χ4n) is 5.21. The first-order chi connectivity index (χ1) is 15.8. The second-order valence-corrected chi connectivity index (χ2v) is 9.90. The molecule has 0 aliphatic heterocycles. The van der Waals surface area contributed by atoms with E-state index in [1.54, 1.807) is 16.7 Å². The lowest BCUT2D eigenvalue weighted by molar-refractivity contribution is 0.0713. The molecule has 0 saturated heterocycles. The maximum Gasteiger partial charge on any atom is 0.257 e. The quantitative estimate of drug-likeness (QED) is 0.602. The van der Waals surface area contributed by atoms with E-state index in [2.05, 4.69) is 10.3 Å². The smallest absolute Gasteiger partial charge is 0.257 e. The minimum absolute atomic E-state index is 0.0318. The number of pyridine rings is 2. The molecule has 0 radical (unpaired) electrons. The van der Waals surface area contributed by atoms with Gasteiger partial charge in [-0.1, -0.05) is 11.6 Å². The van der Waals surface area contributed by atoms with Crippen LogP contribution < -0.4 is 15.6 Å². The summed E-state index contributed by atoms with van der Waals surface area (Å²) in [5.41, 5.74) is 0.211. The number of nitrogens with zero attached hydrogens (tertiary/aromatic N) is 3. The van der Waals surface area contributed by atoms with Gasteiger partial charge in [0.1, 0.15) is 17.2 Å². The lowest BCUT2D eigenvalue weighted by Gasteiger charge is -2.47. The highest BCUT2D eigenvalue weighted by Crippen LogP contribution is 2.44. The minimum atomic E-state index is -0.471. The normalized spacial score (nSPS) is 21.9. The second kappa shape index (κ2) is 8.13. The lowest BCUT2D eigenvalue weighted by atomic mass is 9.66. The number of aromatic nitrogens is 2. The molecule has 3 fully saturated rings. The van der Waals surface area contributed by atoms with Gasteiger partial charge in [-0.05, 0) is 74.8 Å². The number of carbonyl (C=O) groups is 1. The van der Waals surface area contributed by atoms with Crippen LogP contribution in [0.15, 0.2) is 41.3 Å². The SMILES string of the molecule is CN(C)c1ccc2c(=O)c(C(=O)NC34CCC(CC3)CC4)cn(-c3ccc(F)cc3Cl)c2n1. The van der Waals surface area contributed by atoms with E-state index in [0.717, 1.165) is 44.4 Å². The molecule has 1 amide bonds. The Balaban J connectivity index is 1.66. The summed E-state index contributed by atoms with van der Waals surface area (Å²) in [6.07, 6.45) is 7.67. The van der Waals surface area contributed by atoms with E-state index in [-0.39, 0.29) is 27.5 Å². The minimum Gasteiger partial charge on any atom is -0.363 e. The van der Waals surface area contributed by atoms with Gasteiger partial charge >= 0.3 is 0 Å².